The monoisotopic (exact) mass is 158 g/mol. The predicted octanol–water partition coefficient (Wildman–Crippen LogP) is -2.27. The topological polar surface area (TPSA) is 8.81 Å². The first-order valence-corrected chi connectivity index (χ1v) is 2.91. The molecule has 0 N–H and O–H groups in total. The highest BCUT2D eigenvalue weighted by Crippen LogP contribution is 1.90. The van der Waals surface area contributed by atoms with Gasteiger partial charge in [-0.05, 0) is 0 Å². The normalized spacial score (nSPS) is 8.60. The number of nitrogens with zero attached hydrogens (tertiary/aromatic N) is 2. The van der Waals surface area contributed by atoms with E-state index in [0.29, 0.717) is 0 Å². The molecular weight excluding hydrogens is 148 g/mol. The lowest BCUT2D eigenvalue weighted by atomic mass is 10.7. The molecule has 1 aromatic heterocycles. The Morgan fingerprint density at radius 1 is 1.70 bits per heavy atom. The summed E-state index contributed by atoms with van der Waals surface area (Å²) in [6.07, 6.45) is 5.76. The van der Waals surface area contributed by atoms with E-state index in [-0.39, 0.29) is 12.4 Å². The second-order valence-electron chi connectivity index (χ2n) is 2.05. The van der Waals surface area contributed by atoms with E-state index in [4.69, 9.17) is 0 Å². The van der Waals surface area contributed by atoms with Gasteiger partial charge in [0, 0.05) is 6.92 Å². The molecule has 0 atom stereocenters. The standard InChI is InChI=1S/C7H11N2.ClH/c1-4-9-6-5-8(3)7(9)2;/h4-6H,1H2,2-3H3;1H/q+1;/p-1. The zero-order chi connectivity index (χ0) is 6.85. The van der Waals surface area contributed by atoms with E-state index in [9.17, 15) is 0 Å². The first kappa shape index (κ1) is 9.24. The largest absolute Gasteiger partial charge is 1.00 e. The summed E-state index contributed by atoms with van der Waals surface area (Å²) < 4.78 is 4.02. The van der Waals surface area contributed by atoms with Crippen LogP contribution in [-0.2, 0) is 7.05 Å². The molecule has 1 heterocycles. The van der Waals surface area contributed by atoms with Crippen LogP contribution >= 0.6 is 0 Å². The lowest BCUT2D eigenvalue weighted by Crippen LogP contribution is -3.00. The number of imidazole rings is 1. The van der Waals surface area contributed by atoms with Crippen molar-refractivity contribution >= 4 is 6.20 Å². The molecule has 0 spiro atoms. The van der Waals surface area contributed by atoms with Crippen LogP contribution in [0.1, 0.15) is 5.82 Å². The van der Waals surface area contributed by atoms with Crippen LogP contribution in [-0.4, -0.2) is 4.57 Å². The Hall–Kier alpha value is -0.760. The Morgan fingerprint density at radius 3 is 2.50 bits per heavy atom. The minimum atomic E-state index is 0. The van der Waals surface area contributed by atoms with Gasteiger partial charge >= 0.3 is 0 Å². The average Bonchev–Trinajstić information content (AvgIpc) is 2.15. The van der Waals surface area contributed by atoms with Crippen LogP contribution in [0.3, 0.4) is 0 Å². The van der Waals surface area contributed by atoms with E-state index >= 15 is 0 Å². The maximum Gasteiger partial charge on any atom is 0.257 e. The third-order valence-electron chi connectivity index (χ3n) is 1.53. The highest BCUT2D eigenvalue weighted by atomic mass is 35.5. The molecule has 10 heavy (non-hydrogen) atoms. The van der Waals surface area contributed by atoms with Crippen molar-refractivity contribution < 1.29 is 17.0 Å². The summed E-state index contributed by atoms with van der Waals surface area (Å²) in [5, 5.41) is 0. The molecule has 0 aliphatic carbocycles. The SMILES string of the molecule is C=Cn1cc[n+](C)c1C.[Cl-]. The van der Waals surface area contributed by atoms with Gasteiger partial charge in [-0.2, -0.15) is 0 Å². The van der Waals surface area contributed by atoms with E-state index in [1.807, 2.05) is 35.5 Å². The van der Waals surface area contributed by atoms with E-state index in [1.54, 1.807) is 6.20 Å². The van der Waals surface area contributed by atoms with Crippen LogP contribution in [0.15, 0.2) is 19.0 Å². The molecule has 0 unspecified atom stereocenters. The van der Waals surface area contributed by atoms with Crippen molar-refractivity contribution in [2.75, 3.05) is 0 Å². The Morgan fingerprint density at radius 2 is 2.30 bits per heavy atom. The first-order chi connectivity index (χ1) is 4.25. The van der Waals surface area contributed by atoms with Crippen LogP contribution in [0, 0.1) is 6.92 Å². The zero-order valence-electron chi connectivity index (χ0n) is 6.21. The van der Waals surface area contributed by atoms with Gasteiger partial charge in [-0.1, -0.05) is 6.58 Å². The van der Waals surface area contributed by atoms with Gasteiger partial charge in [0.1, 0.15) is 12.4 Å². The predicted molar refractivity (Wildman–Crippen MR) is 36.7 cm³/mol. The van der Waals surface area contributed by atoms with Crippen LogP contribution in [0.2, 0.25) is 0 Å². The second kappa shape index (κ2) is 3.42. The van der Waals surface area contributed by atoms with Gasteiger partial charge in [0.05, 0.1) is 13.2 Å². The minimum absolute atomic E-state index is 0. The summed E-state index contributed by atoms with van der Waals surface area (Å²) in [6.45, 7) is 5.70. The highest BCUT2D eigenvalue weighted by molar-refractivity contribution is 5.16. The lowest BCUT2D eigenvalue weighted by molar-refractivity contribution is -0.676. The molecule has 0 fully saturated rings. The summed E-state index contributed by atoms with van der Waals surface area (Å²) in [6, 6.07) is 0. The number of hydrogen-bond donors (Lipinski definition) is 0. The van der Waals surface area contributed by atoms with Gasteiger partial charge in [0.2, 0.25) is 0 Å². The van der Waals surface area contributed by atoms with Gasteiger partial charge in [-0.3, -0.25) is 0 Å². The van der Waals surface area contributed by atoms with E-state index < -0.39 is 0 Å². The Labute approximate surface area is 67.2 Å². The van der Waals surface area contributed by atoms with Crippen molar-refractivity contribution in [1.29, 1.82) is 0 Å². The number of halogens is 1. The van der Waals surface area contributed by atoms with Crippen LogP contribution in [0.25, 0.3) is 6.20 Å². The van der Waals surface area contributed by atoms with Crippen molar-refractivity contribution in [2.24, 2.45) is 7.05 Å². The molecule has 0 saturated carbocycles. The zero-order valence-corrected chi connectivity index (χ0v) is 6.97. The van der Waals surface area contributed by atoms with E-state index in [1.165, 1.54) is 5.82 Å². The Bertz CT molecular complexity index is 228. The third-order valence-corrected chi connectivity index (χ3v) is 1.53. The number of aryl methyl sites for hydroxylation is 1. The van der Waals surface area contributed by atoms with Crippen LogP contribution in [0.5, 0.6) is 0 Å². The fourth-order valence-corrected chi connectivity index (χ4v) is 0.763. The molecule has 1 aromatic rings. The lowest BCUT2D eigenvalue weighted by Gasteiger charge is -1.86. The summed E-state index contributed by atoms with van der Waals surface area (Å²) in [7, 11) is 2.01. The number of hydrogen-bond acceptors (Lipinski definition) is 0. The molecule has 0 bridgehead atoms. The molecule has 0 amide bonds. The van der Waals surface area contributed by atoms with Crippen LogP contribution in [0.4, 0.5) is 0 Å². The number of rotatable bonds is 1. The summed E-state index contributed by atoms with van der Waals surface area (Å²) in [5.41, 5.74) is 0. The van der Waals surface area contributed by atoms with Crippen molar-refractivity contribution in [3.63, 3.8) is 0 Å². The fourth-order valence-electron chi connectivity index (χ4n) is 0.763. The maximum atomic E-state index is 3.65. The number of aromatic nitrogens is 2. The molecule has 0 aromatic carbocycles. The van der Waals surface area contributed by atoms with Crippen molar-refractivity contribution in [3.8, 4) is 0 Å². The Kier molecular flexibility index (Phi) is 3.16. The second-order valence-corrected chi connectivity index (χ2v) is 2.05. The van der Waals surface area contributed by atoms with Crippen molar-refractivity contribution in [1.82, 2.24) is 4.57 Å². The van der Waals surface area contributed by atoms with Gasteiger partial charge in [0.25, 0.3) is 5.82 Å². The summed E-state index contributed by atoms with van der Waals surface area (Å²) >= 11 is 0. The molecule has 2 nitrogen and oxygen atoms in total. The smallest absolute Gasteiger partial charge is 0.257 e. The molecule has 0 aliphatic heterocycles. The average molecular weight is 159 g/mol. The molecule has 56 valence electrons. The summed E-state index contributed by atoms with van der Waals surface area (Å²) in [4.78, 5) is 0. The quantitative estimate of drug-likeness (QED) is 0.408. The van der Waals surface area contributed by atoms with Crippen molar-refractivity contribution in [3.05, 3.63) is 24.8 Å². The molecule has 1 rings (SSSR count). The van der Waals surface area contributed by atoms with Crippen LogP contribution < -0.4 is 17.0 Å². The molecule has 0 saturated heterocycles. The van der Waals surface area contributed by atoms with Gasteiger partial charge < -0.3 is 12.4 Å². The molecule has 0 aliphatic rings. The summed E-state index contributed by atoms with van der Waals surface area (Å²) in [5.74, 6) is 1.19. The Balaban J connectivity index is 0.000000810. The van der Waals surface area contributed by atoms with E-state index in [2.05, 4.69) is 6.58 Å². The van der Waals surface area contributed by atoms with Crippen molar-refractivity contribution in [2.45, 2.75) is 6.92 Å². The highest BCUT2D eigenvalue weighted by Gasteiger charge is 2.02. The molecule has 0 radical (unpaired) electrons. The first-order valence-electron chi connectivity index (χ1n) is 2.91. The minimum Gasteiger partial charge on any atom is -1.00 e. The maximum absolute atomic E-state index is 3.65. The van der Waals surface area contributed by atoms with Gasteiger partial charge in [-0.25, -0.2) is 9.13 Å². The fraction of sp³-hybridized carbons (Fsp3) is 0.286. The van der Waals surface area contributed by atoms with Gasteiger partial charge in [-0.15, -0.1) is 0 Å². The molecule has 3 heteroatoms. The van der Waals surface area contributed by atoms with Gasteiger partial charge in [0.15, 0.2) is 0 Å². The van der Waals surface area contributed by atoms with E-state index in [0.717, 1.165) is 0 Å². The molecular formula is C7H11ClN2. The third kappa shape index (κ3) is 1.39.